The van der Waals surface area contributed by atoms with Crippen LogP contribution in [0.1, 0.15) is 114 Å². The number of ether oxygens (including phenoxy) is 2. The number of rotatable bonds is 19. The number of carbonyl (C=O) groups excluding carboxylic acids is 2. The van der Waals surface area contributed by atoms with Crippen molar-refractivity contribution in [2.45, 2.75) is 111 Å². The minimum atomic E-state index is -0.352. The van der Waals surface area contributed by atoms with E-state index in [2.05, 4.69) is 6.92 Å². The van der Waals surface area contributed by atoms with E-state index >= 15 is 0 Å². The summed E-state index contributed by atoms with van der Waals surface area (Å²) < 4.78 is 13.5. The van der Waals surface area contributed by atoms with Gasteiger partial charge in [0.25, 0.3) is 5.91 Å². The number of aromatic nitrogens is 1. The van der Waals surface area contributed by atoms with Crippen LogP contribution in [-0.2, 0) is 17.9 Å². The lowest BCUT2D eigenvalue weighted by Crippen LogP contribution is -3.00. The fourth-order valence-corrected chi connectivity index (χ4v) is 4.65. The van der Waals surface area contributed by atoms with E-state index in [-0.39, 0.29) is 42.3 Å². The largest absolute Gasteiger partial charge is 1.00 e. The molecule has 1 aromatic carbocycles. The molecule has 0 unspecified atom stereocenters. The van der Waals surface area contributed by atoms with Crippen LogP contribution in [0.2, 0.25) is 0 Å². The smallest absolute Gasteiger partial charge is 0.261 e. The second kappa shape index (κ2) is 20.7. The van der Waals surface area contributed by atoms with Crippen molar-refractivity contribution in [3.05, 3.63) is 53.9 Å². The lowest BCUT2D eigenvalue weighted by atomic mass is 10.1. The Morgan fingerprint density at radius 1 is 0.821 bits per heavy atom. The maximum atomic E-state index is 13.3. The molecule has 0 bridgehead atoms. The molecule has 2 rings (SSSR count). The van der Waals surface area contributed by atoms with Crippen LogP contribution in [0.15, 0.2) is 42.6 Å². The standard InChI is InChI=1S/C32H49N2O4.HI/c1-5-7-8-9-10-11-12-13-14-15-16-19-24-38-30-22-21-28(25-31(30)37-4)32(36)34(27(3)35)26-29-20-17-18-23-33(29)6-2;/h17-18,20-23,25H,5-16,19,24,26H2,1-4H3;1H/q+1;/p-1. The molecule has 0 atom stereocenters. The first-order valence-corrected chi connectivity index (χ1v) is 14.6. The summed E-state index contributed by atoms with van der Waals surface area (Å²) in [7, 11) is 1.57. The number of imide groups is 1. The zero-order valence-corrected chi connectivity index (χ0v) is 26.7. The number of methoxy groups -OCH3 is 1. The minimum absolute atomic E-state index is 0. The molecule has 1 heterocycles. The predicted octanol–water partition coefficient (Wildman–Crippen LogP) is 4.28. The summed E-state index contributed by atoms with van der Waals surface area (Å²) in [6.07, 6.45) is 17.6. The third-order valence-corrected chi connectivity index (χ3v) is 6.99. The number of pyridine rings is 1. The number of nitrogens with zero attached hydrogens (tertiary/aromatic N) is 2. The highest BCUT2D eigenvalue weighted by Crippen LogP contribution is 2.29. The molecule has 0 spiro atoms. The van der Waals surface area contributed by atoms with Crippen LogP contribution < -0.4 is 38.0 Å². The highest BCUT2D eigenvalue weighted by atomic mass is 127. The quantitative estimate of drug-likeness (QED) is 0.129. The van der Waals surface area contributed by atoms with Crippen LogP contribution in [0.4, 0.5) is 0 Å². The Bertz CT molecular complexity index is 982. The molecule has 0 aliphatic rings. The normalized spacial score (nSPS) is 10.6. The summed E-state index contributed by atoms with van der Waals surface area (Å²) in [4.78, 5) is 26.9. The fraction of sp³-hybridized carbons (Fsp3) is 0.594. The third-order valence-electron chi connectivity index (χ3n) is 6.99. The molecule has 0 radical (unpaired) electrons. The topological polar surface area (TPSA) is 59.7 Å². The highest BCUT2D eigenvalue weighted by molar-refractivity contribution is 6.04. The molecular formula is C32H49IN2O4. The van der Waals surface area contributed by atoms with Crippen molar-refractivity contribution >= 4 is 11.8 Å². The van der Waals surface area contributed by atoms with Gasteiger partial charge in [0.1, 0.15) is 13.1 Å². The summed E-state index contributed by atoms with van der Waals surface area (Å²) >= 11 is 0. The van der Waals surface area contributed by atoms with E-state index in [1.807, 2.05) is 35.9 Å². The van der Waals surface area contributed by atoms with Crippen molar-refractivity contribution in [3.63, 3.8) is 0 Å². The van der Waals surface area contributed by atoms with Gasteiger partial charge in [0, 0.05) is 24.6 Å². The lowest BCUT2D eigenvalue weighted by molar-refractivity contribution is -0.701. The molecule has 2 amide bonds. The first kappa shape index (κ1) is 34.9. The van der Waals surface area contributed by atoms with Crippen molar-refractivity contribution in [2.24, 2.45) is 0 Å². The number of aryl methyl sites for hydroxylation is 1. The molecule has 39 heavy (non-hydrogen) atoms. The number of halogens is 1. The Morgan fingerprint density at radius 2 is 1.44 bits per heavy atom. The van der Waals surface area contributed by atoms with Crippen molar-refractivity contribution in [3.8, 4) is 11.5 Å². The molecule has 0 fully saturated rings. The van der Waals surface area contributed by atoms with Gasteiger partial charge in [0.2, 0.25) is 11.6 Å². The van der Waals surface area contributed by atoms with Gasteiger partial charge in [0.05, 0.1) is 13.7 Å². The maximum Gasteiger partial charge on any atom is 0.261 e. The van der Waals surface area contributed by atoms with Gasteiger partial charge in [-0.05, 0) is 31.5 Å². The molecule has 1 aromatic heterocycles. The Hall–Kier alpha value is -2.16. The number of benzene rings is 1. The van der Waals surface area contributed by atoms with E-state index in [4.69, 9.17) is 9.47 Å². The Kier molecular flexibility index (Phi) is 18.5. The first-order chi connectivity index (χ1) is 18.5. The number of hydrogen-bond acceptors (Lipinski definition) is 4. The average molecular weight is 653 g/mol. The summed E-state index contributed by atoms with van der Waals surface area (Å²) in [6.45, 7) is 7.30. The van der Waals surface area contributed by atoms with Gasteiger partial charge in [-0.3, -0.25) is 14.5 Å². The van der Waals surface area contributed by atoms with Crippen molar-refractivity contribution in [2.75, 3.05) is 13.7 Å². The van der Waals surface area contributed by atoms with E-state index in [1.54, 1.807) is 25.3 Å². The number of carbonyl (C=O) groups is 2. The van der Waals surface area contributed by atoms with Gasteiger partial charge in [-0.15, -0.1) is 0 Å². The van der Waals surface area contributed by atoms with Gasteiger partial charge < -0.3 is 33.5 Å². The SMILES string of the molecule is CCCCCCCCCCCCCCOc1ccc(C(=O)N(Cc2cccc[n+]2CC)C(C)=O)cc1OC.[I-]. The van der Waals surface area contributed by atoms with Crippen LogP contribution in [0.3, 0.4) is 0 Å². The molecule has 2 aromatic rings. The van der Waals surface area contributed by atoms with Crippen LogP contribution in [0.5, 0.6) is 11.5 Å². The molecule has 6 nitrogen and oxygen atoms in total. The molecule has 218 valence electrons. The van der Waals surface area contributed by atoms with Crippen LogP contribution in [0.25, 0.3) is 0 Å². The van der Waals surface area contributed by atoms with Crippen LogP contribution >= 0.6 is 0 Å². The van der Waals surface area contributed by atoms with Gasteiger partial charge >= 0.3 is 0 Å². The van der Waals surface area contributed by atoms with Gasteiger partial charge in [-0.1, -0.05) is 83.6 Å². The van der Waals surface area contributed by atoms with Gasteiger partial charge in [-0.2, -0.15) is 0 Å². The number of hydrogen-bond donors (Lipinski definition) is 0. The second-order valence-corrected chi connectivity index (χ2v) is 9.99. The second-order valence-electron chi connectivity index (χ2n) is 9.99. The third kappa shape index (κ3) is 12.7. The Balaban J connectivity index is 0.00000760. The Labute approximate surface area is 253 Å². The van der Waals surface area contributed by atoms with Crippen LogP contribution in [0, 0.1) is 0 Å². The van der Waals surface area contributed by atoms with E-state index in [9.17, 15) is 9.59 Å². The van der Waals surface area contributed by atoms with E-state index in [0.717, 1.165) is 25.1 Å². The summed E-state index contributed by atoms with van der Waals surface area (Å²) in [6, 6.07) is 10.9. The zero-order valence-electron chi connectivity index (χ0n) is 24.6. The summed E-state index contributed by atoms with van der Waals surface area (Å²) in [5, 5.41) is 0. The van der Waals surface area contributed by atoms with E-state index in [0.29, 0.717) is 23.7 Å². The summed E-state index contributed by atoms with van der Waals surface area (Å²) in [5.74, 6) is 0.470. The van der Waals surface area contributed by atoms with Crippen molar-refractivity contribution < 1.29 is 47.6 Å². The number of unbranched alkanes of at least 4 members (excludes halogenated alkanes) is 11. The van der Waals surface area contributed by atoms with E-state index < -0.39 is 0 Å². The first-order valence-electron chi connectivity index (χ1n) is 14.6. The highest BCUT2D eigenvalue weighted by Gasteiger charge is 2.24. The zero-order chi connectivity index (χ0) is 27.6. The molecule has 0 saturated carbocycles. The fourth-order valence-electron chi connectivity index (χ4n) is 4.65. The molecule has 0 aliphatic heterocycles. The minimum Gasteiger partial charge on any atom is -1.00 e. The summed E-state index contributed by atoms with van der Waals surface area (Å²) in [5.41, 5.74) is 1.29. The van der Waals surface area contributed by atoms with Gasteiger partial charge in [0.15, 0.2) is 17.7 Å². The number of amides is 2. The van der Waals surface area contributed by atoms with E-state index in [1.165, 1.54) is 76.0 Å². The monoisotopic (exact) mass is 652 g/mol. The molecule has 7 heteroatoms. The molecule has 0 N–H and O–H groups in total. The van der Waals surface area contributed by atoms with Crippen molar-refractivity contribution in [1.29, 1.82) is 0 Å². The average Bonchev–Trinajstić information content (AvgIpc) is 2.93. The Morgan fingerprint density at radius 3 is 2.00 bits per heavy atom. The lowest BCUT2D eigenvalue weighted by Gasteiger charge is -2.19. The predicted molar refractivity (Wildman–Crippen MR) is 152 cm³/mol. The van der Waals surface area contributed by atoms with Crippen LogP contribution in [-0.4, -0.2) is 30.4 Å². The molecule has 0 aliphatic carbocycles. The maximum absolute atomic E-state index is 13.3. The molecule has 0 saturated heterocycles. The molecular weight excluding hydrogens is 603 g/mol. The van der Waals surface area contributed by atoms with Crippen molar-refractivity contribution in [1.82, 2.24) is 4.90 Å². The van der Waals surface area contributed by atoms with Gasteiger partial charge in [-0.25, -0.2) is 4.57 Å².